The standard InChI is InChI=1S/C19H22F3N5O2/c1-12(28)29-15-4-2-13(3-5-15)14-8-10-26(11-9-14)17-7-6-16-23-24-18(19(20,21)22)27(16)25-17/h2-5,12,14,28H,6-11H2,1H3. The number of likely N-dealkylation sites (tertiary alicyclic amines) is 1. The van der Waals surface area contributed by atoms with Crippen LogP contribution in [-0.4, -0.2) is 50.1 Å². The second-order valence-corrected chi connectivity index (χ2v) is 7.31. The molecule has 0 bridgehead atoms. The van der Waals surface area contributed by atoms with Crippen molar-refractivity contribution in [2.75, 3.05) is 13.1 Å². The summed E-state index contributed by atoms with van der Waals surface area (Å²) in [5.74, 6) is 0.812. The summed E-state index contributed by atoms with van der Waals surface area (Å²) in [4.78, 5) is 2.06. The van der Waals surface area contributed by atoms with E-state index in [1.54, 1.807) is 6.92 Å². The van der Waals surface area contributed by atoms with Crippen LogP contribution in [-0.2, 0) is 12.6 Å². The summed E-state index contributed by atoms with van der Waals surface area (Å²) in [7, 11) is 0. The van der Waals surface area contributed by atoms with E-state index in [0.29, 0.717) is 30.3 Å². The minimum atomic E-state index is -4.58. The highest BCUT2D eigenvalue weighted by Gasteiger charge is 2.40. The Morgan fingerprint density at radius 1 is 1.10 bits per heavy atom. The van der Waals surface area contributed by atoms with Gasteiger partial charge >= 0.3 is 6.18 Å². The summed E-state index contributed by atoms with van der Waals surface area (Å²) in [6, 6.07) is 7.67. The molecule has 1 unspecified atom stereocenters. The Labute approximate surface area is 165 Å². The Morgan fingerprint density at radius 3 is 2.41 bits per heavy atom. The number of aliphatic hydroxyl groups excluding tert-OH is 1. The molecule has 156 valence electrons. The number of aromatic nitrogens is 3. The molecule has 2 aliphatic heterocycles. The molecule has 1 aromatic heterocycles. The second-order valence-electron chi connectivity index (χ2n) is 7.31. The summed E-state index contributed by atoms with van der Waals surface area (Å²) in [6.45, 7) is 3.01. The van der Waals surface area contributed by atoms with E-state index in [1.807, 2.05) is 24.3 Å². The van der Waals surface area contributed by atoms with Crippen molar-refractivity contribution in [3.8, 4) is 5.75 Å². The first-order valence-corrected chi connectivity index (χ1v) is 9.60. The van der Waals surface area contributed by atoms with Crippen LogP contribution in [0.4, 0.5) is 13.2 Å². The van der Waals surface area contributed by atoms with Gasteiger partial charge in [-0.05, 0) is 43.4 Å². The topological polar surface area (TPSA) is 75.8 Å². The smallest absolute Gasteiger partial charge is 0.453 e. The zero-order valence-electron chi connectivity index (χ0n) is 15.9. The van der Waals surface area contributed by atoms with Gasteiger partial charge in [0.05, 0.1) is 0 Å². The first kappa shape index (κ1) is 19.7. The average Bonchev–Trinajstić information content (AvgIpc) is 3.12. The van der Waals surface area contributed by atoms with Crippen molar-refractivity contribution in [1.82, 2.24) is 19.8 Å². The van der Waals surface area contributed by atoms with Gasteiger partial charge in [0.25, 0.3) is 5.82 Å². The van der Waals surface area contributed by atoms with Crippen LogP contribution < -0.4 is 4.74 Å². The lowest BCUT2D eigenvalue weighted by molar-refractivity contribution is -0.147. The van der Waals surface area contributed by atoms with Crippen molar-refractivity contribution in [2.24, 2.45) is 5.10 Å². The van der Waals surface area contributed by atoms with Crippen molar-refractivity contribution in [3.63, 3.8) is 0 Å². The van der Waals surface area contributed by atoms with E-state index < -0.39 is 18.3 Å². The number of fused-ring (bicyclic) bond motifs is 1. The molecule has 29 heavy (non-hydrogen) atoms. The van der Waals surface area contributed by atoms with Crippen molar-refractivity contribution in [1.29, 1.82) is 0 Å². The number of nitrogens with zero attached hydrogens (tertiary/aromatic N) is 5. The number of aryl methyl sites for hydroxylation is 1. The third-order valence-electron chi connectivity index (χ3n) is 5.26. The Kier molecular flexibility index (Phi) is 5.20. The van der Waals surface area contributed by atoms with Crippen LogP contribution in [0, 0.1) is 0 Å². The maximum atomic E-state index is 13.1. The van der Waals surface area contributed by atoms with Crippen molar-refractivity contribution < 1.29 is 23.0 Å². The SMILES string of the molecule is CC(O)Oc1ccc(C2CCN(C3=Nn4c(nnc4C(F)(F)F)CC3)CC2)cc1. The molecule has 1 fully saturated rings. The summed E-state index contributed by atoms with van der Waals surface area (Å²) in [6.07, 6.45) is -2.70. The fourth-order valence-electron chi connectivity index (χ4n) is 3.85. The quantitative estimate of drug-likeness (QED) is 0.789. The number of aliphatic hydroxyl groups is 1. The molecule has 4 rings (SSSR count). The normalized spacial score (nSPS) is 18.9. The van der Waals surface area contributed by atoms with Crippen LogP contribution in [0.25, 0.3) is 0 Å². The van der Waals surface area contributed by atoms with Crippen molar-refractivity contribution in [3.05, 3.63) is 41.5 Å². The highest BCUT2D eigenvalue weighted by atomic mass is 19.4. The summed E-state index contributed by atoms with van der Waals surface area (Å²) in [5.41, 5.74) is 1.19. The average molecular weight is 409 g/mol. The molecule has 10 heteroatoms. The van der Waals surface area contributed by atoms with Gasteiger partial charge in [0.15, 0.2) is 12.1 Å². The lowest BCUT2D eigenvalue weighted by Crippen LogP contribution is -2.40. The highest BCUT2D eigenvalue weighted by molar-refractivity contribution is 5.83. The van der Waals surface area contributed by atoms with Gasteiger partial charge in [0.1, 0.15) is 11.6 Å². The maximum absolute atomic E-state index is 13.1. The molecular formula is C19H22F3N5O2. The van der Waals surface area contributed by atoms with Crippen LogP contribution >= 0.6 is 0 Å². The number of amidine groups is 1. The lowest BCUT2D eigenvalue weighted by Gasteiger charge is -2.35. The van der Waals surface area contributed by atoms with Gasteiger partial charge in [0, 0.05) is 25.9 Å². The first-order chi connectivity index (χ1) is 13.8. The number of piperidine rings is 1. The zero-order chi connectivity index (χ0) is 20.6. The van der Waals surface area contributed by atoms with Gasteiger partial charge in [0.2, 0.25) is 0 Å². The Bertz CT molecular complexity index is 884. The van der Waals surface area contributed by atoms with Gasteiger partial charge in [-0.2, -0.15) is 22.9 Å². The minimum Gasteiger partial charge on any atom is -0.465 e. The number of halogens is 3. The molecule has 7 nitrogen and oxygen atoms in total. The molecule has 1 atom stereocenters. The molecule has 0 radical (unpaired) electrons. The Morgan fingerprint density at radius 2 is 1.79 bits per heavy atom. The number of rotatable bonds is 3. The first-order valence-electron chi connectivity index (χ1n) is 9.60. The molecule has 0 spiro atoms. The second kappa shape index (κ2) is 7.66. The monoisotopic (exact) mass is 409 g/mol. The Balaban J connectivity index is 1.42. The Hall–Kier alpha value is -2.62. The number of benzene rings is 1. The third-order valence-corrected chi connectivity index (χ3v) is 5.26. The van der Waals surface area contributed by atoms with Crippen molar-refractivity contribution >= 4 is 5.84 Å². The van der Waals surface area contributed by atoms with Crippen LogP contribution in [0.2, 0.25) is 0 Å². The van der Waals surface area contributed by atoms with E-state index in [4.69, 9.17) is 4.74 Å². The molecule has 0 aliphatic carbocycles. The lowest BCUT2D eigenvalue weighted by atomic mass is 9.89. The highest BCUT2D eigenvalue weighted by Crippen LogP contribution is 2.32. The zero-order valence-corrected chi connectivity index (χ0v) is 15.9. The molecule has 3 heterocycles. The molecular weight excluding hydrogens is 387 g/mol. The van der Waals surface area contributed by atoms with E-state index >= 15 is 0 Å². The van der Waals surface area contributed by atoms with Crippen LogP contribution in [0.5, 0.6) is 5.75 Å². The third kappa shape index (κ3) is 4.21. The van der Waals surface area contributed by atoms with Gasteiger partial charge in [-0.3, -0.25) is 0 Å². The number of hydrogen-bond donors (Lipinski definition) is 1. The molecule has 1 N–H and O–H groups in total. The van der Waals surface area contributed by atoms with E-state index in [0.717, 1.165) is 30.6 Å². The van der Waals surface area contributed by atoms with E-state index in [9.17, 15) is 18.3 Å². The van der Waals surface area contributed by atoms with E-state index in [-0.39, 0.29) is 5.82 Å². The van der Waals surface area contributed by atoms with Gasteiger partial charge in [-0.15, -0.1) is 10.2 Å². The summed E-state index contributed by atoms with van der Waals surface area (Å²) < 4.78 is 45.3. The predicted octanol–water partition coefficient (Wildman–Crippen LogP) is 3.00. The number of alkyl halides is 3. The minimum absolute atomic E-state index is 0.246. The largest absolute Gasteiger partial charge is 0.465 e. The van der Waals surface area contributed by atoms with Crippen LogP contribution in [0.1, 0.15) is 49.3 Å². The summed E-state index contributed by atoms with van der Waals surface area (Å²) in [5, 5.41) is 20.4. The fraction of sp³-hybridized carbons (Fsp3) is 0.526. The molecule has 2 aromatic rings. The van der Waals surface area contributed by atoms with Crippen LogP contribution in [0.3, 0.4) is 0 Å². The molecule has 0 amide bonds. The van der Waals surface area contributed by atoms with Gasteiger partial charge in [-0.1, -0.05) is 12.1 Å². The molecule has 1 aromatic carbocycles. The van der Waals surface area contributed by atoms with Gasteiger partial charge in [-0.25, -0.2) is 0 Å². The number of ether oxygens (including phenoxy) is 1. The van der Waals surface area contributed by atoms with E-state index in [2.05, 4.69) is 20.2 Å². The van der Waals surface area contributed by atoms with Crippen LogP contribution in [0.15, 0.2) is 29.4 Å². The maximum Gasteiger partial charge on any atom is 0.453 e. The van der Waals surface area contributed by atoms with Gasteiger partial charge < -0.3 is 14.7 Å². The predicted molar refractivity (Wildman–Crippen MR) is 98.5 cm³/mol. The summed E-state index contributed by atoms with van der Waals surface area (Å²) >= 11 is 0. The molecule has 0 saturated carbocycles. The van der Waals surface area contributed by atoms with E-state index in [1.165, 1.54) is 5.56 Å². The van der Waals surface area contributed by atoms with Crippen molar-refractivity contribution in [2.45, 2.75) is 51.0 Å². The molecule has 2 aliphatic rings. The molecule has 1 saturated heterocycles. The fourth-order valence-corrected chi connectivity index (χ4v) is 3.85. The number of hydrogen-bond acceptors (Lipinski definition) is 6.